The second-order valence-corrected chi connectivity index (χ2v) is 8.20. The molecule has 1 aromatic carbocycles. The SMILES string of the molecule is CCCc1nn(-c2ccccc2)c(C(C)C)c1C(=O)N1CCCC(C(=O)OCC)C1. The molecule has 1 aliphatic rings. The third-order valence-corrected chi connectivity index (χ3v) is 5.57. The topological polar surface area (TPSA) is 64.4 Å². The minimum atomic E-state index is -0.246. The molecule has 0 radical (unpaired) electrons. The van der Waals surface area contributed by atoms with Crippen molar-refractivity contribution in [2.45, 2.75) is 59.3 Å². The smallest absolute Gasteiger partial charge is 0.310 e. The number of rotatable bonds is 7. The van der Waals surface area contributed by atoms with Crippen LogP contribution >= 0.6 is 0 Å². The molecule has 6 nitrogen and oxygen atoms in total. The van der Waals surface area contributed by atoms with Gasteiger partial charge in [-0.2, -0.15) is 5.10 Å². The Morgan fingerprint density at radius 1 is 1.20 bits per heavy atom. The van der Waals surface area contributed by atoms with Crippen LogP contribution in [0.5, 0.6) is 0 Å². The number of aromatic nitrogens is 2. The summed E-state index contributed by atoms with van der Waals surface area (Å²) in [4.78, 5) is 27.8. The van der Waals surface area contributed by atoms with E-state index in [0.29, 0.717) is 25.3 Å². The van der Waals surface area contributed by atoms with E-state index < -0.39 is 0 Å². The molecular weight excluding hydrogens is 378 g/mol. The molecule has 30 heavy (non-hydrogen) atoms. The molecule has 162 valence electrons. The summed E-state index contributed by atoms with van der Waals surface area (Å²) in [7, 11) is 0. The highest BCUT2D eigenvalue weighted by atomic mass is 16.5. The molecule has 1 fully saturated rings. The largest absolute Gasteiger partial charge is 0.466 e. The molecule has 0 bridgehead atoms. The summed E-state index contributed by atoms with van der Waals surface area (Å²) in [6.07, 6.45) is 3.23. The van der Waals surface area contributed by atoms with E-state index in [9.17, 15) is 9.59 Å². The molecule has 1 aromatic heterocycles. The Bertz CT molecular complexity index is 873. The van der Waals surface area contributed by atoms with E-state index in [1.54, 1.807) is 0 Å². The number of ether oxygens (including phenoxy) is 1. The molecule has 1 amide bonds. The Morgan fingerprint density at radius 2 is 1.93 bits per heavy atom. The number of benzene rings is 1. The molecule has 2 aromatic rings. The van der Waals surface area contributed by atoms with Gasteiger partial charge in [0.15, 0.2) is 0 Å². The van der Waals surface area contributed by atoms with Crippen molar-refractivity contribution in [2.75, 3.05) is 19.7 Å². The van der Waals surface area contributed by atoms with Crippen LogP contribution < -0.4 is 0 Å². The first-order chi connectivity index (χ1) is 14.5. The number of hydrogen-bond donors (Lipinski definition) is 0. The minimum absolute atomic E-state index is 0.0154. The predicted molar refractivity (Wildman–Crippen MR) is 117 cm³/mol. The zero-order valence-corrected chi connectivity index (χ0v) is 18.6. The molecule has 2 heterocycles. The Kier molecular flexibility index (Phi) is 7.29. The van der Waals surface area contributed by atoms with E-state index in [-0.39, 0.29) is 23.7 Å². The van der Waals surface area contributed by atoms with Gasteiger partial charge in [0.1, 0.15) is 0 Å². The van der Waals surface area contributed by atoms with Crippen molar-refractivity contribution in [1.82, 2.24) is 14.7 Å². The fraction of sp³-hybridized carbons (Fsp3) is 0.542. The Balaban J connectivity index is 2.00. The number of nitrogens with zero attached hydrogens (tertiary/aromatic N) is 3. The number of aryl methyl sites for hydroxylation is 1. The van der Waals surface area contributed by atoms with Gasteiger partial charge in [0.2, 0.25) is 0 Å². The minimum Gasteiger partial charge on any atom is -0.466 e. The average molecular weight is 412 g/mol. The van der Waals surface area contributed by atoms with Gasteiger partial charge < -0.3 is 9.64 Å². The Labute approximate surface area is 179 Å². The first kappa shape index (κ1) is 22.1. The highest BCUT2D eigenvalue weighted by Gasteiger charge is 2.34. The average Bonchev–Trinajstić information content (AvgIpc) is 3.14. The van der Waals surface area contributed by atoms with Gasteiger partial charge in [-0.15, -0.1) is 0 Å². The van der Waals surface area contributed by atoms with Gasteiger partial charge in [-0.3, -0.25) is 9.59 Å². The zero-order valence-electron chi connectivity index (χ0n) is 18.6. The summed E-state index contributed by atoms with van der Waals surface area (Å²) in [6.45, 7) is 9.55. The van der Waals surface area contributed by atoms with Crippen molar-refractivity contribution in [2.24, 2.45) is 5.92 Å². The molecule has 1 aliphatic heterocycles. The first-order valence-electron chi connectivity index (χ1n) is 11.1. The van der Waals surface area contributed by atoms with Crippen LogP contribution in [-0.4, -0.2) is 46.3 Å². The summed E-state index contributed by atoms with van der Waals surface area (Å²) in [5, 5.41) is 4.87. The fourth-order valence-corrected chi connectivity index (χ4v) is 4.19. The summed E-state index contributed by atoms with van der Waals surface area (Å²) in [5.41, 5.74) is 3.45. The molecule has 1 atom stereocenters. The van der Waals surface area contributed by atoms with Gasteiger partial charge in [0.25, 0.3) is 5.91 Å². The van der Waals surface area contributed by atoms with Crippen molar-refractivity contribution in [3.8, 4) is 5.69 Å². The monoisotopic (exact) mass is 411 g/mol. The maximum absolute atomic E-state index is 13.7. The Hall–Kier alpha value is -2.63. The van der Waals surface area contributed by atoms with E-state index in [2.05, 4.69) is 20.8 Å². The van der Waals surface area contributed by atoms with E-state index in [4.69, 9.17) is 9.84 Å². The normalized spacial score (nSPS) is 16.7. The van der Waals surface area contributed by atoms with Gasteiger partial charge in [-0.1, -0.05) is 45.4 Å². The summed E-state index contributed by atoms with van der Waals surface area (Å²) in [5.74, 6) is -0.331. The maximum Gasteiger partial charge on any atom is 0.310 e. The quantitative estimate of drug-likeness (QED) is 0.635. The lowest BCUT2D eigenvalue weighted by molar-refractivity contribution is -0.149. The number of carbonyl (C=O) groups is 2. The molecule has 6 heteroatoms. The lowest BCUT2D eigenvalue weighted by atomic mass is 9.95. The predicted octanol–water partition coefficient (Wildman–Crippen LogP) is 4.36. The third kappa shape index (κ3) is 4.58. The van der Waals surface area contributed by atoms with E-state index >= 15 is 0 Å². The van der Waals surface area contributed by atoms with Crippen molar-refractivity contribution in [1.29, 1.82) is 0 Å². The van der Waals surface area contributed by atoms with Gasteiger partial charge in [-0.05, 0) is 44.2 Å². The standard InChI is InChI=1S/C24H33N3O3/c1-5-11-20-21(22(17(3)4)27(25-20)19-13-8-7-9-14-19)23(28)26-15-10-12-18(16-26)24(29)30-6-2/h7-9,13-14,17-18H,5-6,10-12,15-16H2,1-4H3. The maximum atomic E-state index is 13.7. The summed E-state index contributed by atoms with van der Waals surface area (Å²) >= 11 is 0. The molecule has 1 unspecified atom stereocenters. The molecule has 0 saturated carbocycles. The number of hydrogen-bond acceptors (Lipinski definition) is 4. The van der Waals surface area contributed by atoms with E-state index in [1.165, 1.54) is 0 Å². The second-order valence-electron chi connectivity index (χ2n) is 8.20. The lowest BCUT2D eigenvalue weighted by Gasteiger charge is -2.32. The third-order valence-electron chi connectivity index (χ3n) is 5.57. The zero-order chi connectivity index (χ0) is 21.7. The fourth-order valence-electron chi connectivity index (χ4n) is 4.19. The molecule has 0 N–H and O–H groups in total. The number of likely N-dealkylation sites (tertiary alicyclic amines) is 1. The van der Waals surface area contributed by atoms with Crippen molar-refractivity contribution < 1.29 is 14.3 Å². The lowest BCUT2D eigenvalue weighted by Crippen LogP contribution is -2.43. The molecular formula is C24H33N3O3. The van der Waals surface area contributed by atoms with Crippen LogP contribution in [0.2, 0.25) is 0 Å². The highest BCUT2D eigenvalue weighted by molar-refractivity contribution is 5.97. The van der Waals surface area contributed by atoms with Crippen molar-refractivity contribution in [3.63, 3.8) is 0 Å². The van der Waals surface area contributed by atoms with Crippen LogP contribution in [0.1, 0.15) is 74.6 Å². The van der Waals surface area contributed by atoms with Gasteiger partial charge >= 0.3 is 5.97 Å². The van der Waals surface area contributed by atoms with Crippen LogP contribution in [0.4, 0.5) is 0 Å². The summed E-state index contributed by atoms with van der Waals surface area (Å²) in [6, 6.07) is 9.97. The molecule has 3 rings (SSSR count). The molecule has 0 aliphatic carbocycles. The van der Waals surface area contributed by atoms with Crippen LogP contribution in [0, 0.1) is 5.92 Å². The first-order valence-corrected chi connectivity index (χ1v) is 11.1. The number of piperidine rings is 1. The molecule has 1 saturated heterocycles. The van der Waals surface area contributed by atoms with Crippen LogP contribution in [0.25, 0.3) is 5.69 Å². The van der Waals surface area contributed by atoms with Crippen molar-refractivity contribution in [3.05, 3.63) is 47.3 Å². The molecule has 0 spiro atoms. The number of carbonyl (C=O) groups excluding carboxylic acids is 2. The highest BCUT2D eigenvalue weighted by Crippen LogP contribution is 2.29. The van der Waals surface area contributed by atoms with Crippen LogP contribution in [-0.2, 0) is 16.0 Å². The van der Waals surface area contributed by atoms with E-state index in [1.807, 2.05) is 46.8 Å². The number of esters is 1. The van der Waals surface area contributed by atoms with Crippen LogP contribution in [0.3, 0.4) is 0 Å². The van der Waals surface area contributed by atoms with E-state index in [0.717, 1.165) is 42.8 Å². The number of para-hydroxylation sites is 1. The van der Waals surface area contributed by atoms with Crippen molar-refractivity contribution >= 4 is 11.9 Å². The number of amides is 1. The van der Waals surface area contributed by atoms with Gasteiger partial charge in [0.05, 0.1) is 35.2 Å². The van der Waals surface area contributed by atoms with Gasteiger partial charge in [0, 0.05) is 13.1 Å². The van der Waals surface area contributed by atoms with Gasteiger partial charge in [-0.25, -0.2) is 4.68 Å². The second kappa shape index (κ2) is 9.92. The van der Waals surface area contributed by atoms with Crippen LogP contribution in [0.15, 0.2) is 30.3 Å². The Morgan fingerprint density at radius 3 is 2.57 bits per heavy atom. The summed E-state index contributed by atoms with van der Waals surface area (Å²) < 4.78 is 7.13.